The van der Waals surface area contributed by atoms with E-state index in [1.54, 1.807) is 0 Å². The lowest BCUT2D eigenvalue weighted by molar-refractivity contribution is 0.254. The van der Waals surface area contributed by atoms with Crippen molar-refractivity contribution in [2.24, 2.45) is 12.8 Å². The second-order valence-corrected chi connectivity index (χ2v) is 4.40. The largest absolute Gasteiger partial charge is 0.326 e. The van der Waals surface area contributed by atoms with Crippen LogP contribution in [0.1, 0.15) is 30.6 Å². The summed E-state index contributed by atoms with van der Waals surface area (Å²) < 4.78 is 1.88. The zero-order chi connectivity index (χ0) is 11.0. The van der Waals surface area contributed by atoms with Gasteiger partial charge >= 0.3 is 0 Å². The monoisotopic (exact) mass is 208 g/mol. The van der Waals surface area contributed by atoms with Crippen LogP contribution < -0.4 is 5.73 Å². The molecular weight excluding hydrogens is 188 g/mol. The van der Waals surface area contributed by atoms with Crippen LogP contribution in [0.2, 0.25) is 0 Å². The van der Waals surface area contributed by atoms with E-state index in [1.165, 1.54) is 5.56 Å². The van der Waals surface area contributed by atoms with Gasteiger partial charge in [-0.05, 0) is 25.5 Å². The highest BCUT2D eigenvalue weighted by molar-refractivity contribution is 5.21. The van der Waals surface area contributed by atoms with E-state index < -0.39 is 0 Å². The second kappa shape index (κ2) is 3.94. The molecule has 1 aliphatic rings. The van der Waals surface area contributed by atoms with Gasteiger partial charge in [-0.15, -0.1) is 0 Å². The predicted molar refractivity (Wildman–Crippen MR) is 60.5 cm³/mol. The maximum Gasteiger partial charge on any atom is 0.0840 e. The van der Waals surface area contributed by atoms with E-state index in [0.29, 0.717) is 6.04 Å². The number of likely N-dealkylation sites (N-methyl/N-ethyl adjacent to an activating group) is 1. The minimum absolute atomic E-state index is 0.235. The second-order valence-electron chi connectivity index (χ2n) is 4.40. The van der Waals surface area contributed by atoms with Gasteiger partial charge in [0.1, 0.15) is 0 Å². The Labute approximate surface area is 91.1 Å². The van der Waals surface area contributed by atoms with E-state index in [1.807, 2.05) is 11.7 Å². The lowest BCUT2D eigenvalue weighted by Gasteiger charge is -2.24. The molecule has 2 rings (SSSR count). The smallest absolute Gasteiger partial charge is 0.0840 e. The molecule has 1 aromatic rings. The number of likely N-dealkylation sites (tertiary alicyclic amines) is 1. The summed E-state index contributed by atoms with van der Waals surface area (Å²) in [5.41, 5.74) is 8.57. The molecular formula is C11H20N4. The van der Waals surface area contributed by atoms with Crippen LogP contribution in [0.15, 0.2) is 6.20 Å². The third-order valence-corrected chi connectivity index (χ3v) is 3.28. The molecule has 2 N–H and O–H groups in total. The Morgan fingerprint density at radius 2 is 2.33 bits per heavy atom. The van der Waals surface area contributed by atoms with E-state index in [4.69, 9.17) is 5.73 Å². The number of aryl methyl sites for hydroxylation is 2. The van der Waals surface area contributed by atoms with Crippen molar-refractivity contribution in [1.29, 1.82) is 0 Å². The van der Waals surface area contributed by atoms with Crippen LogP contribution in [0.25, 0.3) is 0 Å². The van der Waals surface area contributed by atoms with E-state index >= 15 is 0 Å². The lowest BCUT2D eigenvalue weighted by Crippen LogP contribution is -2.32. The molecule has 1 aliphatic heterocycles. The van der Waals surface area contributed by atoms with Crippen LogP contribution in [0, 0.1) is 6.92 Å². The molecule has 0 aliphatic carbocycles. The van der Waals surface area contributed by atoms with E-state index in [2.05, 4.69) is 30.0 Å². The molecule has 0 spiro atoms. The topological polar surface area (TPSA) is 47.1 Å². The van der Waals surface area contributed by atoms with Crippen molar-refractivity contribution < 1.29 is 0 Å². The molecule has 0 bridgehead atoms. The highest BCUT2D eigenvalue weighted by Crippen LogP contribution is 2.31. The number of nitrogens with zero attached hydrogens (tertiary/aromatic N) is 3. The van der Waals surface area contributed by atoms with Crippen LogP contribution in [0.3, 0.4) is 0 Å². The van der Waals surface area contributed by atoms with Crippen LogP contribution >= 0.6 is 0 Å². The molecule has 4 heteroatoms. The molecule has 1 aromatic heterocycles. The fourth-order valence-corrected chi connectivity index (χ4v) is 2.53. The Morgan fingerprint density at radius 3 is 2.87 bits per heavy atom. The van der Waals surface area contributed by atoms with Crippen molar-refractivity contribution in [3.05, 3.63) is 17.5 Å². The first-order chi connectivity index (χ1) is 7.13. The normalized spacial score (nSPS) is 27.5. The van der Waals surface area contributed by atoms with Gasteiger partial charge in [-0.25, -0.2) is 0 Å². The lowest BCUT2D eigenvalue weighted by atomic mass is 10.0. The molecule has 0 amide bonds. The average molecular weight is 208 g/mol. The first-order valence-electron chi connectivity index (χ1n) is 5.63. The van der Waals surface area contributed by atoms with Gasteiger partial charge in [0.2, 0.25) is 0 Å². The summed E-state index contributed by atoms with van der Waals surface area (Å²) in [6.07, 6.45) is 3.14. The van der Waals surface area contributed by atoms with Crippen LogP contribution in [-0.4, -0.2) is 33.8 Å². The van der Waals surface area contributed by atoms with Crippen molar-refractivity contribution in [2.45, 2.75) is 32.4 Å². The summed E-state index contributed by atoms with van der Waals surface area (Å²) in [6.45, 7) is 6.44. The third-order valence-electron chi connectivity index (χ3n) is 3.28. The number of hydrogen-bond donors (Lipinski definition) is 1. The zero-order valence-corrected chi connectivity index (χ0v) is 9.77. The fraction of sp³-hybridized carbons (Fsp3) is 0.727. The Hall–Kier alpha value is -0.870. The molecule has 1 fully saturated rings. The number of hydrogen-bond acceptors (Lipinski definition) is 3. The quantitative estimate of drug-likeness (QED) is 0.783. The van der Waals surface area contributed by atoms with Gasteiger partial charge in [0.05, 0.1) is 11.7 Å². The highest BCUT2D eigenvalue weighted by Gasteiger charge is 2.34. The molecule has 0 saturated carbocycles. The summed E-state index contributed by atoms with van der Waals surface area (Å²) >= 11 is 0. The maximum absolute atomic E-state index is 6.16. The predicted octanol–water partition coefficient (Wildman–Crippen LogP) is 0.823. The van der Waals surface area contributed by atoms with E-state index in [-0.39, 0.29) is 6.04 Å². The summed E-state index contributed by atoms with van der Waals surface area (Å²) in [5, 5.41) is 4.54. The van der Waals surface area contributed by atoms with Gasteiger partial charge in [0.15, 0.2) is 0 Å². The average Bonchev–Trinajstić information content (AvgIpc) is 2.69. The third kappa shape index (κ3) is 1.79. The van der Waals surface area contributed by atoms with Crippen molar-refractivity contribution >= 4 is 0 Å². The maximum atomic E-state index is 6.16. The van der Waals surface area contributed by atoms with Gasteiger partial charge in [-0.3, -0.25) is 9.58 Å². The molecule has 0 radical (unpaired) electrons. The minimum Gasteiger partial charge on any atom is -0.326 e. The Bertz CT molecular complexity index is 344. The van der Waals surface area contributed by atoms with E-state index in [9.17, 15) is 0 Å². The van der Waals surface area contributed by atoms with Gasteiger partial charge in [-0.1, -0.05) is 6.92 Å². The molecule has 84 valence electrons. The van der Waals surface area contributed by atoms with Crippen molar-refractivity contribution in [1.82, 2.24) is 14.7 Å². The summed E-state index contributed by atoms with van der Waals surface area (Å²) in [7, 11) is 1.97. The molecule has 2 atom stereocenters. The van der Waals surface area contributed by atoms with Gasteiger partial charge in [0.25, 0.3) is 0 Å². The molecule has 0 aromatic carbocycles. The van der Waals surface area contributed by atoms with Gasteiger partial charge in [-0.2, -0.15) is 5.10 Å². The summed E-state index contributed by atoms with van der Waals surface area (Å²) in [5.74, 6) is 0. The first kappa shape index (κ1) is 10.6. The molecule has 2 heterocycles. The van der Waals surface area contributed by atoms with Crippen molar-refractivity contribution in [2.75, 3.05) is 13.1 Å². The van der Waals surface area contributed by atoms with Gasteiger partial charge in [0, 0.05) is 25.8 Å². The van der Waals surface area contributed by atoms with Crippen LogP contribution in [-0.2, 0) is 7.05 Å². The molecule has 4 nitrogen and oxygen atoms in total. The van der Waals surface area contributed by atoms with Crippen molar-refractivity contribution in [3.8, 4) is 0 Å². The number of rotatable bonds is 2. The Morgan fingerprint density at radius 1 is 1.60 bits per heavy atom. The Balaban J connectivity index is 2.31. The number of aromatic nitrogens is 2. The summed E-state index contributed by atoms with van der Waals surface area (Å²) in [4.78, 5) is 2.42. The minimum atomic E-state index is 0.235. The summed E-state index contributed by atoms with van der Waals surface area (Å²) in [6, 6.07) is 0.551. The zero-order valence-electron chi connectivity index (χ0n) is 9.77. The van der Waals surface area contributed by atoms with Crippen LogP contribution in [0.5, 0.6) is 0 Å². The highest BCUT2D eigenvalue weighted by atomic mass is 15.3. The van der Waals surface area contributed by atoms with E-state index in [0.717, 1.165) is 25.2 Å². The van der Waals surface area contributed by atoms with Crippen LogP contribution in [0.4, 0.5) is 0 Å². The van der Waals surface area contributed by atoms with Gasteiger partial charge < -0.3 is 5.73 Å². The molecule has 2 unspecified atom stereocenters. The molecule has 1 saturated heterocycles. The molecule has 15 heavy (non-hydrogen) atoms. The fourth-order valence-electron chi connectivity index (χ4n) is 2.53. The first-order valence-corrected chi connectivity index (χ1v) is 5.63. The standard InChI is InChI=1S/C11H20N4/c1-4-15-6-5-9(12)11(15)10-8(2)7-14(3)13-10/h7,9,11H,4-6,12H2,1-3H3. The Kier molecular flexibility index (Phi) is 2.80. The number of nitrogens with two attached hydrogens (primary N) is 1. The SMILES string of the molecule is CCN1CCC(N)C1c1nn(C)cc1C. The van der Waals surface area contributed by atoms with Crippen molar-refractivity contribution in [3.63, 3.8) is 0 Å².